The molecule has 0 aromatic carbocycles. The summed E-state index contributed by atoms with van der Waals surface area (Å²) in [6.07, 6.45) is 11.3. The predicted octanol–water partition coefficient (Wildman–Crippen LogP) is 4.68. The molecule has 0 aliphatic carbocycles. The lowest BCUT2D eigenvalue weighted by Crippen LogP contribution is -1.93. The van der Waals surface area contributed by atoms with Crippen LogP contribution in [0.3, 0.4) is 0 Å². The quantitative estimate of drug-likeness (QED) is 0.490. The van der Waals surface area contributed by atoms with E-state index in [2.05, 4.69) is 19.9 Å². The van der Waals surface area contributed by atoms with Gasteiger partial charge in [-0.3, -0.25) is 0 Å². The van der Waals surface area contributed by atoms with Gasteiger partial charge in [-0.05, 0) is 12.3 Å². The van der Waals surface area contributed by atoms with Crippen LogP contribution in [0.4, 0.5) is 0 Å². The molecule has 0 saturated heterocycles. The van der Waals surface area contributed by atoms with E-state index in [4.69, 9.17) is 5.26 Å². The molecule has 0 aliphatic heterocycles. The summed E-state index contributed by atoms with van der Waals surface area (Å²) in [5, 5.41) is 8.35. The molecule has 14 heavy (non-hydrogen) atoms. The van der Waals surface area contributed by atoms with Crippen LogP contribution in [0.25, 0.3) is 0 Å². The normalized spacial score (nSPS) is 12.4. The van der Waals surface area contributed by atoms with Gasteiger partial charge < -0.3 is 0 Å². The van der Waals surface area contributed by atoms with Crippen molar-refractivity contribution in [3.63, 3.8) is 0 Å². The average Bonchev–Trinajstić information content (AvgIpc) is 2.17. The summed E-state index contributed by atoms with van der Waals surface area (Å²) in [6.45, 7) is 4.62. The number of hydrogen-bond acceptors (Lipinski definition) is 1. The van der Waals surface area contributed by atoms with E-state index in [-0.39, 0.29) is 0 Å². The van der Waals surface area contributed by atoms with Gasteiger partial charge in [0.1, 0.15) is 0 Å². The van der Waals surface area contributed by atoms with Crippen LogP contribution in [0.1, 0.15) is 71.6 Å². The highest BCUT2D eigenvalue weighted by Gasteiger charge is 1.99. The first-order valence-corrected chi connectivity index (χ1v) is 6.18. The summed E-state index contributed by atoms with van der Waals surface area (Å²) in [6, 6.07) is 2.19. The van der Waals surface area contributed by atoms with Gasteiger partial charge in [-0.2, -0.15) is 5.26 Å². The Morgan fingerprint density at radius 2 is 1.64 bits per heavy atom. The van der Waals surface area contributed by atoms with Crippen molar-refractivity contribution in [2.45, 2.75) is 71.6 Å². The molecule has 0 fully saturated rings. The van der Waals surface area contributed by atoms with E-state index < -0.39 is 0 Å². The van der Waals surface area contributed by atoms with Gasteiger partial charge in [-0.25, -0.2) is 0 Å². The number of rotatable bonds is 9. The maximum absolute atomic E-state index is 8.35. The van der Waals surface area contributed by atoms with Gasteiger partial charge in [-0.15, -0.1) is 0 Å². The van der Waals surface area contributed by atoms with E-state index in [1.165, 1.54) is 44.9 Å². The van der Waals surface area contributed by atoms with Crippen LogP contribution in [-0.4, -0.2) is 0 Å². The molecule has 0 aromatic heterocycles. The van der Waals surface area contributed by atoms with E-state index in [0.29, 0.717) is 0 Å². The standard InChI is InChI=1S/C13H25N/c1-3-10-13(2)11-8-6-4-5-7-9-12-14/h13H,3-11H2,1-2H3. The summed E-state index contributed by atoms with van der Waals surface area (Å²) in [5.41, 5.74) is 0. The Morgan fingerprint density at radius 3 is 2.29 bits per heavy atom. The zero-order chi connectivity index (χ0) is 10.6. The second-order valence-corrected chi connectivity index (χ2v) is 4.36. The first kappa shape index (κ1) is 13.5. The van der Waals surface area contributed by atoms with E-state index in [1.807, 2.05) is 0 Å². The van der Waals surface area contributed by atoms with Gasteiger partial charge in [0.25, 0.3) is 0 Å². The first-order valence-electron chi connectivity index (χ1n) is 6.18. The fourth-order valence-electron chi connectivity index (χ4n) is 1.86. The first-order chi connectivity index (χ1) is 6.81. The van der Waals surface area contributed by atoms with Gasteiger partial charge in [0, 0.05) is 6.42 Å². The smallest absolute Gasteiger partial charge is 0.0621 e. The van der Waals surface area contributed by atoms with Crippen LogP contribution in [-0.2, 0) is 0 Å². The Hall–Kier alpha value is -0.510. The highest BCUT2D eigenvalue weighted by atomic mass is 14.2. The third-order valence-corrected chi connectivity index (χ3v) is 2.77. The molecule has 1 atom stereocenters. The molecule has 1 unspecified atom stereocenters. The third kappa shape index (κ3) is 9.58. The van der Waals surface area contributed by atoms with Crippen LogP contribution >= 0.6 is 0 Å². The summed E-state index contributed by atoms with van der Waals surface area (Å²) in [4.78, 5) is 0. The Morgan fingerprint density at radius 1 is 1.00 bits per heavy atom. The lowest BCUT2D eigenvalue weighted by atomic mass is 9.98. The Kier molecular flexibility index (Phi) is 10.2. The fourth-order valence-corrected chi connectivity index (χ4v) is 1.86. The van der Waals surface area contributed by atoms with Crippen molar-refractivity contribution >= 4 is 0 Å². The molecule has 82 valence electrons. The molecule has 0 heterocycles. The minimum atomic E-state index is 0.742. The summed E-state index contributed by atoms with van der Waals surface area (Å²) in [5.74, 6) is 0.916. The maximum atomic E-state index is 8.35. The number of hydrogen-bond donors (Lipinski definition) is 0. The Bertz CT molecular complexity index is 146. The predicted molar refractivity (Wildman–Crippen MR) is 62.0 cm³/mol. The molecule has 0 aromatic rings. The monoisotopic (exact) mass is 195 g/mol. The summed E-state index contributed by atoms with van der Waals surface area (Å²) >= 11 is 0. The van der Waals surface area contributed by atoms with Crippen LogP contribution in [0, 0.1) is 17.2 Å². The summed E-state index contributed by atoms with van der Waals surface area (Å²) in [7, 11) is 0. The van der Waals surface area contributed by atoms with Crippen molar-refractivity contribution in [3.8, 4) is 6.07 Å². The van der Waals surface area contributed by atoms with E-state index >= 15 is 0 Å². The van der Waals surface area contributed by atoms with Crippen LogP contribution < -0.4 is 0 Å². The molecule has 0 spiro atoms. The molecule has 0 amide bonds. The second kappa shape index (κ2) is 10.6. The highest BCUT2D eigenvalue weighted by molar-refractivity contribution is 4.67. The molecule has 0 saturated carbocycles. The zero-order valence-electron chi connectivity index (χ0n) is 9.89. The van der Waals surface area contributed by atoms with Gasteiger partial charge in [-0.1, -0.05) is 58.8 Å². The highest BCUT2D eigenvalue weighted by Crippen LogP contribution is 2.15. The SMILES string of the molecule is CCCC(C)CCCCCCCC#N. The van der Waals surface area contributed by atoms with Gasteiger partial charge >= 0.3 is 0 Å². The summed E-state index contributed by atoms with van der Waals surface area (Å²) < 4.78 is 0. The van der Waals surface area contributed by atoms with Gasteiger partial charge in [0.05, 0.1) is 6.07 Å². The van der Waals surface area contributed by atoms with E-state index in [1.54, 1.807) is 0 Å². The minimum Gasteiger partial charge on any atom is -0.198 e. The van der Waals surface area contributed by atoms with Crippen LogP contribution in [0.2, 0.25) is 0 Å². The number of nitrogens with zero attached hydrogens (tertiary/aromatic N) is 1. The van der Waals surface area contributed by atoms with E-state index in [9.17, 15) is 0 Å². The molecule has 0 radical (unpaired) electrons. The van der Waals surface area contributed by atoms with Crippen LogP contribution in [0.15, 0.2) is 0 Å². The molecule has 0 N–H and O–H groups in total. The number of nitriles is 1. The zero-order valence-corrected chi connectivity index (χ0v) is 9.89. The molecule has 0 rings (SSSR count). The fraction of sp³-hybridized carbons (Fsp3) is 0.923. The minimum absolute atomic E-state index is 0.742. The lowest BCUT2D eigenvalue weighted by Gasteiger charge is -2.08. The molecule has 1 heteroatoms. The molecule has 0 bridgehead atoms. The second-order valence-electron chi connectivity index (χ2n) is 4.36. The average molecular weight is 195 g/mol. The molecule has 1 nitrogen and oxygen atoms in total. The van der Waals surface area contributed by atoms with Gasteiger partial charge in [0.2, 0.25) is 0 Å². The third-order valence-electron chi connectivity index (χ3n) is 2.77. The molecular weight excluding hydrogens is 170 g/mol. The molecular formula is C13H25N. The van der Waals surface area contributed by atoms with Crippen molar-refractivity contribution in [1.82, 2.24) is 0 Å². The molecule has 0 aliphatic rings. The Balaban J connectivity index is 3.02. The Labute approximate surface area is 89.5 Å². The van der Waals surface area contributed by atoms with E-state index in [0.717, 1.165) is 18.8 Å². The van der Waals surface area contributed by atoms with Gasteiger partial charge in [0.15, 0.2) is 0 Å². The van der Waals surface area contributed by atoms with Crippen molar-refractivity contribution in [2.75, 3.05) is 0 Å². The maximum Gasteiger partial charge on any atom is 0.0621 e. The number of unbranched alkanes of at least 4 members (excludes halogenated alkanes) is 5. The van der Waals surface area contributed by atoms with Crippen molar-refractivity contribution in [2.24, 2.45) is 5.92 Å². The largest absolute Gasteiger partial charge is 0.198 e. The lowest BCUT2D eigenvalue weighted by molar-refractivity contribution is 0.452. The van der Waals surface area contributed by atoms with Crippen LogP contribution in [0.5, 0.6) is 0 Å². The van der Waals surface area contributed by atoms with Crippen molar-refractivity contribution < 1.29 is 0 Å². The topological polar surface area (TPSA) is 23.8 Å². The van der Waals surface area contributed by atoms with Crippen molar-refractivity contribution in [1.29, 1.82) is 5.26 Å². The van der Waals surface area contributed by atoms with Crippen molar-refractivity contribution in [3.05, 3.63) is 0 Å².